The molecule has 152 valence electrons. The van der Waals surface area contributed by atoms with E-state index in [4.69, 9.17) is 23.1 Å². The summed E-state index contributed by atoms with van der Waals surface area (Å²) in [7, 11) is -1.98. The summed E-state index contributed by atoms with van der Waals surface area (Å²) in [6, 6.07) is 8.27. The molecule has 0 radical (unpaired) electrons. The Morgan fingerprint density at radius 2 is 1.59 bits per heavy atom. The number of hydrogen-bond donors (Lipinski definition) is 0. The van der Waals surface area contributed by atoms with Crippen LogP contribution in [0, 0.1) is 20.0 Å². The average molecular weight is 457 g/mol. The molecule has 1 unspecified atom stereocenters. The Balaban J connectivity index is -0.000000883. The fraction of sp³-hybridized carbons (Fsp3) is 0.524. The molecule has 0 heterocycles. The summed E-state index contributed by atoms with van der Waals surface area (Å²) in [4.78, 5) is 12.1. The second-order valence-electron chi connectivity index (χ2n) is 7.67. The van der Waals surface area contributed by atoms with E-state index in [9.17, 15) is 4.79 Å². The van der Waals surface area contributed by atoms with E-state index in [1.807, 2.05) is 19.1 Å². The maximum absolute atomic E-state index is 12.1. The maximum Gasteiger partial charge on any atom is 6.00 e. The Bertz CT molecular complexity index is 676. The molecule has 0 spiro atoms. The molecule has 2 rings (SSSR count). The van der Waals surface area contributed by atoms with Crippen LogP contribution in [0.1, 0.15) is 45.2 Å². The van der Waals surface area contributed by atoms with Crippen LogP contribution < -0.4 is 0 Å². The Labute approximate surface area is 185 Å². The van der Waals surface area contributed by atoms with Gasteiger partial charge in [-0.2, -0.15) is 0 Å². The smallest absolute Gasteiger partial charge is 6.00 e. The molecule has 8 heteroatoms. The summed E-state index contributed by atoms with van der Waals surface area (Å²) < 4.78 is 34.4. The van der Waals surface area contributed by atoms with E-state index in [2.05, 4.69) is 65.9 Å². The molecule has 0 aliphatic heterocycles. The van der Waals surface area contributed by atoms with Gasteiger partial charge in [0.05, 0.1) is 18.6 Å². The Kier molecular flexibility index (Phi) is 16.2. The third-order valence-electron chi connectivity index (χ3n) is 4.98. The summed E-state index contributed by atoms with van der Waals surface area (Å²) in [5.41, 5.74) is 1.95. The van der Waals surface area contributed by atoms with Crippen LogP contribution in [-0.2, 0) is 57.3 Å². The minimum Gasteiger partial charge on any atom is 6.00 e. The van der Waals surface area contributed by atoms with Crippen molar-refractivity contribution in [1.29, 1.82) is 0 Å². The second-order valence-corrected chi connectivity index (χ2v) is 12.4. The number of carbonyl (C=O) groups is 1. The van der Waals surface area contributed by atoms with Crippen LogP contribution >= 0.6 is 0 Å². The van der Waals surface area contributed by atoms with E-state index in [0.717, 1.165) is 12.0 Å². The van der Waals surface area contributed by atoms with E-state index >= 15 is 0 Å². The van der Waals surface area contributed by atoms with Crippen LogP contribution in [0.25, 0.3) is 0 Å². The molecule has 1 aliphatic carbocycles. The van der Waals surface area contributed by atoms with Crippen molar-refractivity contribution in [3.63, 3.8) is 0 Å². The van der Waals surface area contributed by atoms with Crippen molar-refractivity contribution < 1.29 is 45.3 Å². The SMILES string of the molecule is CCOC(=O)CC1(O[Si](C)(C)C(C)(C)C)Cc2ccccc21.[C-]#[O+].[C-]#[O+].[C-]#[O+].[Cr+6]. The van der Waals surface area contributed by atoms with Crippen molar-refractivity contribution in [3.05, 3.63) is 55.3 Å². The van der Waals surface area contributed by atoms with E-state index < -0.39 is 13.9 Å². The molecule has 0 bridgehead atoms. The second kappa shape index (κ2) is 14.6. The number of ether oxygens (including phenoxy) is 1. The van der Waals surface area contributed by atoms with E-state index in [1.165, 1.54) is 5.56 Å². The first kappa shape index (κ1) is 32.3. The number of carbonyl (C=O) groups excluding carboxylic acids is 1. The molecule has 1 atom stereocenters. The first-order chi connectivity index (χ1) is 13.1. The molecule has 0 N–H and O–H groups in total. The summed E-state index contributed by atoms with van der Waals surface area (Å²) >= 11 is 0. The molecule has 6 nitrogen and oxygen atoms in total. The summed E-state index contributed by atoms with van der Waals surface area (Å²) in [6.45, 7) is 26.9. The van der Waals surface area contributed by atoms with Crippen LogP contribution in [0.5, 0.6) is 0 Å². The number of esters is 1. The zero-order valence-corrected chi connectivity index (χ0v) is 20.1. The van der Waals surface area contributed by atoms with Crippen LogP contribution in [0.4, 0.5) is 0 Å². The van der Waals surface area contributed by atoms with Gasteiger partial charge in [0.25, 0.3) is 0 Å². The van der Waals surface area contributed by atoms with Crippen molar-refractivity contribution in [3.8, 4) is 0 Å². The van der Waals surface area contributed by atoms with E-state index in [1.54, 1.807) is 0 Å². The summed E-state index contributed by atoms with van der Waals surface area (Å²) in [5.74, 6) is -0.171. The number of fused-ring (bicyclic) bond motifs is 1. The van der Waals surface area contributed by atoms with Gasteiger partial charge in [0.1, 0.15) is 0 Å². The van der Waals surface area contributed by atoms with Gasteiger partial charge < -0.3 is 9.16 Å². The number of benzene rings is 1. The first-order valence-electron chi connectivity index (χ1n) is 8.67. The predicted molar refractivity (Wildman–Crippen MR) is 103 cm³/mol. The molecular formula is C21H28CrO6Si+6. The van der Waals surface area contributed by atoms with Gasteiger partial charge in [-0.25, -0.2) is 0 Å². The van der Waals surface area contributed by atoms with Crippen molar-refractivity contribution >= 4 is 14.3 Å². The van der Waals surface area contributed by atoms with Crippen molar-refractivity contribution in [1.82, 2.24) is 0 Å². The zero-order chi connectivity index (χ0) is 22.6. The monoisotopic (exact) mass is 456 g/mol. The molecule has 1 aliphatic rings. The van der Waals surface area contributed by atoms with Crippen LogP contribution in [0.2, 0.25) is 18.1 Å². The third-order valence-corrected chi connectivity index (χ3v) is 9.49. The molecule has 1 aromatic rings. The van der Waals surface area contributed by atoms with Crippen molar-refractivity contribution in [2.75, 3.05) is 6.61 Å². The van der Waals surface area contributed by atoms with Gasteiger partial charge in [-0.3, -0.25) is 4.79 Å². The van der Waals surface area contributed by atoms with Gasteiger partial charge in [0.2, 0.25) is 0 Å². The Hall–Kier alpha value is -1.38. The van der Waals surface area contributed by atoms with Crippen molar-refractivity contribution in [2.24, 2.45) is 0 Å². The summed E-state index contributed by atoms with van der Waals surface area (Å²) in [5, 5.41) is 0.110. The van der Waals surface area contributed by atoms with Gasteiger partial charge in [-0.1, -0.05) is 45.0 Å². The van der Waals surface area contributed by atoms with Gasteiger partial charge in [-0.15, -0.1) is 0 Å². The quantitative estimate of drug-likeness (QED) is 0.286. The fourth-order valence-electron chi connectivity index (χ4n) is 2.79. The molecule has 29 heavy (non-hydrogen) atoms. The minimum atomic E-state index is -1.98. The largest absolute Gasteiger partial charge is 6.00 e. The van der Waals surface area contributed by atoms with E-state index in [0.29, 0.717) is 13.0 Å². The molecule has 0 fully saturated rings. The predicted octanol–water partition coefficient (Wildman–Crippen LogP) is 4.30. The maximum atomic E-state index is 12.1. The zero-order valence-electron chi connectivity index (χ0n) is 17.8. The van der Waals surface area contributed by atoms with Gasteiger partial charge in [0, 0.05) is 6.42 Å². The minimum absolute atomic E-state index is 0. The number of rotatable bonds is 5. The molecule has 0 saturated heterocycles. The Morgan fingerprint density at radius 3 is 2.00 bits per heavy atom. The first-order valence-corrected chi connectivity index (χ1v) is 11.6. The average Bonchev–Trinajstić information content (AvgIpc) is 2.65. The normalized spacial score (nSPS) is 16.1. The summed E-state index contributed by atoms with van der Waals surface area (Å²) in [6.07, 6.45) is 1.11. The van der Waals surface area contributed by atoms with Crippen molar-refractivity contribution in [2.45, 2.75) is 64.3 Å². The number of hydrogen-bond acceptors (Lipinski definition) is 3. The standard InChI is InChI=1S/C18H28O3Si.3CO.Cr/c1-7-20-16(19)13-18(21-22(5,6)17(2,3)4)12-14-10-8-9-11-15(14)18;3*1-2;/h8-11H,7,12-13H2,1-6H3;;;;/q;;;;+6. The van der Waals surface area contributed by atoms with Gasteiger partial charge in [-0.05, 0) is 36.2 Å². The van der Waals surface area contributed by atoms with Gasteiger partial charge >= 0.3 is 57.2 Å². The Morgan fingerprint density at radius 1 is 1.10 bits per heavy atom. The van der Waals surface area contributed by atoms with E-state index in [-0.39, 0.29) is 28.4 Å². The third kappa shape index (κ3) is 8.48. The molecule has 1 aromatic carbocycles. The molecular weight excluding hydrogens is 428 g/mol. The van der Waals surface area contributed by atoms with Gasteiger partial charge in [0.15, 0.2) is 8.32 Å². The fourth-order valence-corrected chi connectivity index (χ4v) is 4.32. The van der Waals surface area contributed by atoms with Crippen LogP contribution in [0.3, 0.4) is 0 Å². The molecule has 0 aromatic heterocycles. The molecule has 0 amide bonds. The topological polar surface area (TPSA) is 95.2 Å². The molecule has 0 saturated carbocycles. The van der Waals surface area contributed by atoms with Crippen LogP contribution in [0.15, 0.2) is 24.3 Å². The van der Waals surface area contributed by atoms with Crippen LogP contribution in [-0.4, -0.2) is 20.9 Å².